The third-order valence-corrected chi connectivity index (χ3v) is 2.46. The standard InChI is InChI=1S/C12H13FN4O/c1-8(6-9-2-4-10(13)5-3-9)16-12(18)11-14-7-15-17-11/h2-5,7-8H,6H2,1H3,(H,16,18)(H,14,15,17). The summed E-state index contributed by atoms with van der Waals surface area (Å²) in [4.78, 5) is 15.4. The van der Waals surface area contributed by atoms with Crippen LogP contribution in [0.25, 0.3) is 0 Å². The zero-order valence-corrected chi connectivity index (χ0v) is 9.85. The first-order valence-corrected chi connectivity index (χ1v) is 5.56. The summed E-state index contributed by atoms with van der Waals surface area (Å²) in [6, 6.07) is 6.13. The number of aromatic amines is 1. The number of carbonyl (C=O) groups is 1. The van der Waals surface area contributed by atoms with Gasteiger partial charge in [0, 0.05) is 6.04 Å². The van der Waals surface area contributed by atoms with E-state index in [1.807, 2.05) is 6.92 Å². The molecule has 0 aliphatic rings. The number of hydrogen-bond donors (Lipinski definition) is 2. The van der Waals surface area contributed by atoms with E-state index < -0.39 is 0 Å². The van der Waals surface area contributed by atoms with Crippen molar-refractivity contribution in [2.24, 2.45) is 0 Å². The van der Waals surface area contributed by atoms with E-state index in [-0.39, 0.29) is 23.6 Å². The van der Waals surface area contributed by atoms with Crippen molar-refractivity contribution in [3.8, 4) is 0 Å². The van der Waals surface area contributed by atoms with Gasteiger partial charge in [-0.3, -0.25) is 9.89 Å². The third kappa shape index (κ3) is 3.13. The molecule has 0 spiro atoms. The number of H-pyrrole nitrogens is 1. The molecule has 1 unspecified atom stereocenters. The van der Waals surface area contributed by atoms with E-state index in [0.29, 0.717) is 6.42 Å². The number of carbonyl (C=O) groups excluding carboxylic acids is 1. The summed E-state index contributed by atoms with van der Waals surface area (Å²) in [6.45, 7) is 1.87. The first kappa shape index (κ1) is 12.2. The molecule has 6 heteroatoms. The maximum atomic E-state index is 12.7. The second-order valence-electron chi connectivity index (χ2n) is 4.04. The number of nitrogens with one attached hydrogen (secondary N) is 2. The zero-order valence-electron chi connectivity index (χ0n) is 9.85. The highest BCUT2D eigenvalue weighted by Crippen LogP contribution is 2.05. The Kier molecular flexibility index (Phi) is 3.66. The Morgan fingerprint density at radius 3 is 2.78 bits per heavy atom. The molecule has 1 atom stereocenters. The average molecular weight is 248 g/mol. The Hall–Kier alpha value is -2.24. The molecule has 1 heterocycles. The molecule has 2 aromatic rings. The van der Waals surface area contributed by atoms with Gasteiger partial charge in [0.15, 0.2) is 0 Å². The van der Waals surface area contributed by atoms with E-state index in [2.05, 4.69) is 20.5 Å². The van der Waals surface area contributed by atoms with Gasteiger partial charge in [-0.2, -0.15) is 5.10 Å². The van der Waals surface area contributed by atoms with Crippen LogP contribution in [-0.2, 0) is 6.42 Å². The predicted octanol–water partition coefficient (Wildman–Crippen LogP) is 1.30. The van der Waals surface area contributed by atoms with Gasteiger partial charge in [0.2, 0.25) is 5.82 Å². The average Bonchev–Trinajstić information content (AvgIpc) is 2.85. The van der Waals surface area contributed by atoms with Crippen molar-refractivity contribution in [1.82, 2.24) is 20.5 Å². The first-order valence-electron chi connectivity index (χ1n) is 5.56. The van der Waals surface area contributed by atoms with Crippen LogP contribution in [0, 0.1) is 5.82 Å². The molecule has 0 aliphatic heterocycles. The van der Waals surface area contributed by atoms with Gasteiger partial charge in [-0.25, -0.2) is 9.37 Å². The lowest BCUT2D eigenvalue weighted by Crippen LogP contribution is -2.34. The molecule has 0 bridgehead atoms. The summed E-state index contributed by atoms with van der Waals surface area (Å²) in [5.74, 6) is -0.389. The van der Waals surface area contributed by atoms with E-state index in [1.54, 1.807) is 12.1 Å². The number of aromatic nitrogens is 3. The Morgan fingerprint density at radius 2 is 2.17 bits per heavy atom. The molecule has 94 valence electrons. The van der Waals surface area contributed by atoms with E-state index >= 15 is 0 Å². The van der Waals surface area contributed by atoms with Gasteiger partial charge in [0.1, 0.15) is 12.1 Å². The fraction of sp³-hybridized carbons (Fsp3) is 0.250. The largest absolute Gasteiger partial charge is 0.347 e. The topological polar surface area (TPSA) is 70.7 Å². The highest BCUT2D eigenvalue weighted by atomic mass is 19.1. The number of benzene rings is 1. The number of halogens is 1. The van der Waals surface area contributed by atoms with Crippen molar-refractivity contribution in [3.63, 3.8) is 0 Å². The van der Waals surface area contributed by atoms with Gasteiger partial charge in [-0.1, -0.05) is 12.1 Å². The number of rotatable bonds is 4. The zero-order chi connectivity index (χ0) is 13.0. The number of amides is 1. The van der Waals surface area contributed by atoms with Gasteiger partial charge in [-0.15, -0.1) is 0 Å². The minimum Gasteiger partial charge on any atom is -0.347 e. The molecular formula is C12H13FN4O. The van der Waals surface area contributed by atoms with Crippen molar-refractivity contribution < 1.29 is 9.18 Å². The van der Waals surface area contributed by atoms with Gasteiger partial charge in [-0.05, 0) is 31.0 Å². The molecule has 1 amide bonds. The summed E-state index contributed by atoms with van der Waals surface area (Å²) in [5.41, 5.74) is 0.960. The minimum absolute atomic E-state index is 0.0759. The Labute approximate surface area is 103 Å². The van der Waals surface area contributed by atoms with Gasteiger partial charge < -0.3 is 5.32 Å². The molecule has 0 fully saturated rings. The van der Waals surface area contributed by atoms with Gasteiger partial charge in [0.25, 0.3) is 5.91 Å². The Bertz CT molecular complexity index is 509. The molecule has 2 rings (SSSR count). The van der Waals surface area contributed by atoms with Crippen molar-refractivity contribution >= 4 is 5.91 Å². The maximum Gasteiger partial charge on any atom is 0.288 e. The molecule has 5 nitrogen and oxygen atoms in total. The minimum atomic E-state index is -0.304. The predicted molar refractivity (Wildman–Crippen MR) is 63.4 cm³/mol. The van der Waals surface area contributed by atoms with E-state index in [4.69, 9.17) is 0 Å². The van der Waals surface area contributed by atoms with Crippen molar-refractivity contribution in [2.75, 3.05) is 0 Å². The summed E-state index contributed by atoms with van der Waals surface area (Å²) in [5, 5.41) is 8.88. The van der Waals surface area contributed by atoms with Crippen LogP contribution in [0.1, 0.15) is 23.1 Å². The van der Waals surface area contributed by atoms with Crippen LogP contribution in [-0.4, -0.2) is 27.1 Å². The molecule has 0 saturated heterocycles. The smallest absolute Gasteiger partial charge is 0.288 e. The second kappa shape index (κ2) is 5.39. The highest BCUT2D eigenvalue weighted by molar-refractivity contribution is 5.90. The molecule has 0 radical (unpaired) electrons. The van der Waals surface area contributed by atoms with Crippen LogP contribution < -0.4 is 5.32 Å². The first-order chi connectivity index (χ1) is 8.65. The molecule has 2 N–H and O–H groups in total. The summed E-state index contributed by atoms with van der Waals surface area (Å²) in [7, 11) is 0. The molecular weight excluding hydrogens is 235 g/mol. The van der Waals surface area contributed by atoms with E-state index in [0.717, 1.165) is 5.56 Å². The fourth-order valence-corrected chi connectivity index (χ4v) is 1.63. The van der Waals surface area contributed by atoms with Crippen molar-refractivity contribution in [2.45, 2.75) is 19.4 Å². The lowest BCUT2D eigenvalue weighted by atomic mass is 10.1. The summed E-state index contributed by atoms with van der Waals surface area (Å²) in [6.07, 6.45) is 1.90. The van der Waals surface area contributed by atoms with Crippen LogP contribution in [0.4, 0.5) is 4.39 Å². The number of nitrogens with zero attached hydrogens (tertiary/aromatic N) is 2. The summed E-state index contributed by atoms with van der Waals surface area (Å²) < 4.78 is 12.7. The van der Waals surface area contributed by atoms with Crippen LogP contribution in [0.5, 0.6) is 0 Å². The van der Waals surface area contributed by atoms with Crippen LogP contribution in [0.3, 0.4) is 0 Å². The molecule has 0 aliphatic carbocycles. The van der Waals surface area contributed by atoms with Crippen molar-refractivity contribution in [3.05, 3.63) is 47.8 Å². The quantitative estimate of drug-likeness (QED) is 0.856. The summed E-state index contributed by atoms with van der Waals surface area (Å²) >= 11 is 0. The van der Waals surface area contributed by atoms with Gasteiger partial charge in [0.05, 0.1) is 0 Å². The second-order valence-corrected chi connectivity index (χ2v) is 4.04. The molecule has 1 aromatic heterocycles. The normalized spacial score (nSPS) is 12.1. The van der Waals surface area contributed by atoms with Crippen LogP contribution in [0.2, 0.25) is 0 Å². The third-order valence-electron chi connectivity index (χ3n) is 2.46. The van der Waals surface area contributed by atoms with Crippen LogP contribution in [0.15, 0.2) is 30.6 Å². The highest BCUT2D eigenvalue weighted by Gasteiger charge is 2.12. The van der Waals surface area contributed by atoms with Crippen molar-refractivity contribution in [1.29, 1.82) is 0 Å². The van der Waals surface area contributed by atoms with Gasteiger partial charge >= 0.3 is 0 Å². The molecule has 18 heavy (non-hydrogen) atoms. The van der Waals surface area contributed by atoms with E-state index in [9.17, 15) is 9.18 Å². The lowest BCUT2D eigenvalue weighted by molar-refractivity contribution is 0.0930. The SMILES string of the molecule is CC(Cc1ccc(F)cc1)NC(=O)c1ncn[nH]1. The molecule has 1 aromatic carbocycles. The Morgan fingerprint density at radius 1 is 1.44 bits per heavy atom. The molecule has 0 saturated carbocycles. The lowest BCUT2D eigenvalue weighted by Gasteiger charge is -2.12. The van der Waals surface area contributed by atoms with E-state index in [1.165, 1.54) is 18.5 Å². The monoisotopic (exact) mass is 248 g/mol. The number of hydrogen-bond acceptors (Lipinski definition) is 3. The fourth-order valence-electron chi connectivity index (χ4n) is 1.63. The van der Waals surface area contributed by atoms with Crippen LogP contribution >= 0.6 is 0 Å². The maximum absolute atomic E-state index is 12.7. The Balaban J connectivity index is 1.90.